The second-order valence-corrected chi connectivity index (χ2v) is 6.18. The van der Waals surface area contributed by atoms with Crippen LogP contribution < -0.4 is 4.90 Å². The van der Waals surface area contributed by atoms with Gasteiger partial charge in [-0.25, -0.2) is 9.78 Å². The van der Waals surface area contributed by atoms with Crippen LogP contribution in [-0.2, 0) is 9.63 Å². The molecule has 1 aromatic rings. The maximum absolute atomic E-state index is 11.8. The molecule has 1 fully saturated rings. The summed E-state index contributed by atoms with van der Waals surface area (Å²) in [6.45, 7) is 7.86. The number of carbonyl (C=O) groups excluding carboxylic acids is 1. The van der Waals surface area contributed by atoms with Gasteiger partial charge in [0.05, 0.1) is 23.4 Å². The van der Waals surface area contributed by atoms with Gasteiger partial charge in [-0.1, -0.05) is 0 Å². The molecular weight excluding hydrogens is 288 g/mol. The number of nitrogens with zero attached hydrogens (tertiary/aromatic N) is 4. The first-order valence-corrected chi connectivity index (χ1v) is 7.10. The second-order valence-electron chi connectivity index (χ2n) is 6.18. The third kappa shape index (κ3) is 3.91. The first-order chi connectivity index (χ1) is 10.3. The van der Waals surface area contributed by atoms with Gasteiger partial charge < -0.3 is 9.74 Å². The summed E-state index contributed by atoms with van der Waals surface area (Å²) >= 11 is 0. The van der Waals surface area contributed by atoms with Crippen molar-refractivity contribution in [3.05, 3.63) is 28.4 Å². The highest BCUT2D eigenvalue weighted by molar-refractivity contribution is 5.75. The third-order valence-electron chi connectivity index (χ3n) is 3.33. The summed E-state index contributed by atoms with van der Waals surface area (Å²) in [5.74, 6) is 0.432. The van der Waals surface area contributed by atoms with Gasteiger partial charge >= 0.3 is 5.97 Å². The van der Waals surface area contributed by atoms with Crippen LogP contribution in [0, 0.1) is 15.5 Å². The van der Waals surface area contributed by atoms with Gasteiger partial charge in [0.25, 0.3) is 5.69 Å². The number of carbonyl (C=O) groups is 1. The van der Waals surface area contributed by atoms with Crippen molar-refractivity contribution in [3.63, 3.8) is 0 Å². The molecule has 1 aliphatic rings. The molecule has 2 heterocycles. The fraction of sp³-hybridized carbons (Fsp3) is 0.571. The molecule has 120 valence electrons. The number of anilines is 1. The maximum Gasteiger partial charge on any atom is 0.330 e. The molecule has 8 heteroatoms. The molecular formula is C14H20N4O4. The standard InChI is InChI=1S/C14H20N4O4/c1-14(2,3)13(19)22-17-8-6-16(7-9-17)12-5-4-11(10-15-12)18(20)21/h4-5,10H,6-9H2,1-3H3. The van der Waals surface area contributed by atoms with Gasteiger partial charge in [-0.15, -0.1) is 5.06 Å². The van der Waals surface area contributed by atoms with Crippen LogP contribution in [0.1, 0.15) is 20.8 Å². The number of nitro groups is 1. The van der Waals surface area contributed by atoms with Gasteiger partial charge in [-0.2, -0.15) is 0 Å². The lowest BCUT2D eigenvalue weighted by Crippen LogP contribution is -2.48. The zero-order valence-corrected chi connectivity index (χ0v) is 13.0. The predicted molar refractivity (Wildman–Crippen MR) is 80.2 cm³/mol. The van der Waals surface area contributed by atoms with E-state index in [1.54, 1.807) is 11.1 Å². The molecule has 0 amide bonds. The Morgan fingerprint density at radius 2 is 1.91 bits per heavy atom. The van der Waals surface area contributed by atoms with Gasteiger partial charge in [0.1, 0.15) is 12.0 Å². The van der Waals surface area contributed by atoms with Crippen molar-refractivity contribution in [3.8, 4) is 0 Å². The average molecular weight is 308 g/mol. The first-order valence-electron chi connectivity index (χ1n) is 7.10. The zero-order chi connectivity index (χ0) is 16.3. The van der Waals surface area contributed by atoms with E-state index in [0.29, 0.717) is 32.0 Å². The lowest BCUT2D eigenvalue weighted by Gasteiger charge is -2.35. The Morgan fingerprint density at radius 1 is 1.27 bits per heavy atom. The Kier molecular flexibility index (Phi) is 4.60. The fourth-order valence-electron chi connectivity index (χ4n) is 1.94. The van der Waals surface area contributed by atoms with Crippen LogP contribution in [0.2, 0.25) is 0 Å². The molecule has 8 nitrogen and oxygen atoms in total. The molecule has 22 heavy (non-hydrogen) atoms. The molecule has 0 saturated carbocycles. The predicted octanol–water partition coefficient (Wildman–Crippen LogP) is 1.62. The van der Waals surface area contributed by atoms with Gasteiger partial charge in [-0.05, 0) is 26.8 Å². The van der Waals surface area contributed by atoms with E-state index in [0.717, 1.165) is 0 Å². The van der Waals surface area contributed by atoms with E-state index in [2.05, 4.69) is 4.98 Å². The van der Waals surface area contributed by atoms with E-state index in [1.807, 2.05) is 25.7 Å². The van der Waals surface area contributed by atoms with Crippen LogP contribution in [0.25, 0.3) is 0 Å². The summed E-state index contributed by atoms with van der Waals surface area (Å²) in [6, 6.07) is 3.07. The van der Waals surface area contributed by atoms with Crippen LogP contribution in [0.5, 0.6) is 0 Å². The minimum absolute atomic E-state index is 0.0264. The van der Waals surface area contributed by atoms with Gasteiger partial charge in [0.2, 0.25) is 0 Å². The summed E-state index contributed by atoms with van der Waals surface area (Å²) in [7, 11) is 0. The number of aromatic nitrogens is 1. The molecule has 0 aromatic carbocycles. The van der Waals surface area contributed by atoms with Crippen LogP contribution in [0.3, 0.4) is 0 Å². The highest BCUT2D eigenvalue weighted by atomic mass is 16.7. The van der Waals surface area contributed by atoms with E-state index < -0.39 is 10.3 Å². The largest absolute Gasteiger partial charge is 0.367 e. The lowest BCUT2D eigenvalue weighted by atomic mass is 9.98. The number of hydrogen-bond donors (Lipinski definition) is 0. The first kappa shape index (κ1) is 16.2. The molecule has 2 rings (SSSR count). The quantitative estimate of drug-likeness (QED) is 0.619. The molecule has 0 radical (unpaired) electrons. The number of piperazine rings is 1. The third-order valence-corrected chi connectivity index (χ3v) is 3.33. The van der Waals surface area contributed by atoms with E-state index in [-0.39, 0.29) is 11.7 Å². The molecule has 0 unspecified atom stereocenters. The van der Waals surface area contributed by atoms with Crippen molar-refractivity contribution >= 4 is 17.5 Å². The summed E-state index contributed by atoms with van der Waals surface area (Å²) < 4.78 is 0. The zero-order valence-electron chi connectivity index (χ0n) is 13.0. The van der Waals surface area contributed by atoms with Crippen molar-refractivity contribution in [2.45, 2.75) is 20.8 Å². The summed E-state index contributed by atoms with van der Waals surface area (Å²) in [4.78, 5) is 33.4. The molecule has 0 N–H and O–H groups in total. The van der Waals surface area contributed by atoms with E-state index in [1.165, 1.54) is 12.3 Å². The molecule has 0 aliphatic carbocycles. The lowest BCUT2D eigenvalue weighted by molar-refractivity contribution is -0.385. The highest BCUT2D eigenvalue weighted by Crippen LogP contribution is 2.19. The van der Waals surface area contributed by atoms with Gasteiger partial charge in [-0.3, -0.25) is 10.1 Å². The number of hydrogen-bond acceptors (Lipinski definition) is 7. The normalized spacial score (nSPS) is 16.4. The Balaban J connectivity index is 1.89. The van der Waals surface area contributed by atoms with Crippen LogP contribution in [0.4, 0.5) is 11.5 Å². The Bertz CT molecular complexity index is 545. The maximum atomic E-state index is 11.8. The van der Waals surface area contributed by atoms with Crippen LogP contribution in [-0.4, -0.2) is 47.1 Å². The Hall–Kier alpha value is -2.22. The highest BCUT2D eigenvalue weighted by Gasteiger charge is 2.28. The van der Waals surface area contributed by atoms with Crippen molar-refractivity contribution < 1.29 is 14.6 Å². The SMILES string of the molecule is CC(C)(C)C(=O)ON1CCN(c2ccc([N+](=O)[O-])cn2)CC1. The van der Waals surface area contributed by atoms with Gasteiger partial charge in [0.15, 0.2) is 0 Å². The molecule has 1 aliphatic heterocycles. The molecule has 1 saturated heterocycles. The van der Waals surface area contributed by atoms with Crippen LogP contribution >= 0.6 is 0 Å². The van der Waals surface area contributed by atoms with E-state index in [4.69, 9.17) is 4.84 Å². The molecule has 0 atom stereocenters. The summed E-state index contributed by atoms with van der Waals surface area (Å²) in [5.41, 5.74) is -0.557. The van der Waals surface area contributed by atoms with Gasteiger partial charge in [0, 0.05) is 19.2 Å². The fourth-order valence-corrected chi connectivity index (χ4v) is 1.94. The van der Waals surface area contributed by atoms with E-state index >= 15 is 0 Å². The van der Waals surface area contributed by atoms with Crippen molar-refractivity contribution in [1.29, 1.82) is 0 Å². The minimum atomic E-state index is -0.531. The van der Waals surface area contributed by atoms with Crippen molar-refractivity contribution in [2.24, 2.45) is 5.41 Å². The average Bonchev–Trinajstić information content (AvgIpc) is 2.47. The van der Waals surface area contributed by atoms with Crippen LogP contribution in [0.15, 0.2) is 18.3 Å². The van der Waals surface area contributed by atoms with Crippen molar-refractivity contribution in [1.82, 2.24) is 10.0 Å². The smallest absolute Gasteiger partial charge is 0.330 e. The summed E-state index contributed by atoms with van der Waals surface area (Å²) in [6.07, 6.45) is 1.25. The molecule has 0 spiro atoms. The molecule has 1 aromatic heterocycles. The minimum Gasteiger partial charge on any atom is -0.367 e. The molecule has 0 bridgehead atoms. The number of pyridine rings is 1. The summed E-state index contributed by atoms with van der Waals surface area (Å²) in [5, 5.41) is 12.3. The van der Waals surface area contributed by atoms with Crippen molar-refractivity contribution in [2.75, 3.05) is 31.1 Å². The monoisotopic (exact) mass is 308 g/mol. The Morgan fingerprint density at radius 3 is 2.36 bits per heavy atom. The topological polar surface area (TPSA) is 88.8 Å². The Labute approximate surface area is 128 Å². The number of rotatable bonds is 3. The van der Waals surface area contributed by atoms with E-state index in [9.17, 15) is 14.9 Å². The second kappa shape index (κ2) is 6.27. The number of hydroxylamine groups is 2.